The van der Waals surface area contributed by atoms with Crippen molar-refractivity contribution in [3.05, 3.63) is 48.0 Å². The summed E-state index contributed by atoms with van der Waals surface area (Å²) in [5, 5.41) is 0.709. The fourth-order valence-electron chi connectivity index (χ4n) is 3.02. The molecule has 0 aliphatic carbocycles. The minimum atomic E-state index is 0.442. The van der Waals surface area contributed by atoms with Crippen LogP contribution in [0.2, 0.25) is 0 Å². The first-order valence-corrected chi connectivity index (χ1v) is 12.6. The second kappa shape index (κ2) is 16.6. The van der Waals surface area contributed by atoms with Gasteiger partial charge < -0.3 is 37.9 Å². The molecule has 9 heteroatoms. The highest BCUT2D eigenvalue weighted by Gasteiger charge is 2.04. The van der Waals surface area contributed by atoms with Crippen molar-refractivity contribution in [2.45, 2.75) is 5.33 Å². The van der Waals surface area contributed by atoms with E-state index in [0.717, 1.165) is 28.6 Å². The van der Waals surface area contributed by atoms with Gasteiger partial charge in [-0.3, -0.25) is 0 Å². The van der Waals surface area contributed by atoms with E-state index in [4.69, 9.17) is 37.9 Å². The molecule has 2 heterocycles. The lowest BCUT2D eigenvalue weighted by molar-refractivity contribution is 0.0270. The quantitative estimate of drug-likeness (QED) is 0.398. The Bertz CT molecular complexity index is 741. The van der Waals surface area contributed by atoms with Crippen LogP contribution in [0.25, 0.3) is 0 Å². The van der Waals surface area contributed by atoms with E-state index in [-0.39, 0.29) is 0 Å². The molecule has 0 radical (unpaired) electrons. The standard InChI is InChI=1S/C25H33BrO8/c26-20-21-17-24-19-25(18-21)34-16-12-30-8-6-28-10-14-32-23-2-1-22(3-4-23)31-13-9-27-5-7-29-11-15-33-24/h1-4,17-19H,5-16,20H2. The lowest BCUT2D eigenvalue weighted by Crippen LogP contribution is -2.13. The first-order valence-electron chi connectivity index (χ1n) is 11.5. The van der Waals surface area contributed by atoms with Crippen molar-refractivity contribution in [2.75, 3.05) is 79.3 Å². The fraction of sp³-hybridized carbons (Fsp3) is 0.520. The third kappa shape index (κ3) is 10.9. The highest BCUT2D eigenvalue weighted by atomic mass is 79.9. The van der Waals surface area contributed by atoms with Crippen LogP contribution in [0, 0.1) is 0 Å². The Labute approximate surface area is 209 Å². The van der Waals surface area contributed by atoms with Crippen molar-refractivity contribution in [3.63, 3.8) is 0 Å². The second-order valence-electron chi connectivity index (χ2n) is 7.26. The van der Waals surface area contributed by atoms with Gasteiger partial charge in [-0.1, -0.05) is 15.9 Å². The Kier molecular flexibility index (Phi) is 12.9. The Morgan fingerprint density at radius 1 is 0.441 bits per heavy atom. The van der Waals surface area contributed by atoms with E-state index >= 15 is 0 Å². The van der Waals surface area contributed by atoms with E-state index in [1.165, 1.54) is 0 Å². The SMILES string of the molecule is BrCc1cc2cc(c1)OCCOCCOCCOc1ccc(cc1)OCCOCCOCCO2. The summed E-state index contributed by atoms with van der Waals surface area (Å²) < 4.78 is 45.3. The van der Waals surface area contributed by atoms with E-state index in [0.29, 0.717) is 84.6 Å². The molecule has 0 fully saturated rings. The summed E-state index contributed by atoms with van der Waals surface area (Å²) in [6.07, 6.45) is 0. The Balaban J connectivity index is 1.45. The number of fused-ring (bicyclic) bond motifs is 20. The van der Waals surface area contributed by atoms with Gasteiger partial charge in [-0.05, 0) is 42.0 Å². The number of alkyl halides is 1. The molecule has 0 atom stereocenters. The molecular formula is C25H33BrO8. The van der Waals surface area contributed by atoms with E-state index in [1.807, 2.05) is 42.5 Å². The molecule has 34 heavy (non-hydrogen) atoms. The topological polar surface area (TPSA) is 73.8 Å². The highest BCUT2D eigenvalue weighted by molar-refractivity contribution is 9.08. The van der Waals surface area contributed by atoms with Crippen LogP contribution in [0.5, 0.6) is 23.0 Å². The van der Waals surface area contributed by atoms with Crippen molar-refractivity contribution >= 4 is 15.9 Å². The maximum absolute atomic E-state index is 5.83. The van der Waals surface area contributed by atoms with Crippen LogP contribution >= 0.6 is 15.9 Å². The predicted octanol–water partition coefficient (Wildman–Crippen LogP) is 3.88. The summed E-state index contributed by atoms with van der Waals surface area (Å²) >= 11 is 3.49. The Morgan fingerprint density at radius 2 is 0.765 bits per heavy atom. The van der Waals surface area contributed by atoms with E-state index in [9.17, 15) is 0 Å². The van der Waals surface area contributed by atoms with Crippen LogP contribution in [-0.4, -0.2) is 79.3 Å². The normalized spacial score (nSPS) is 17.9. The van der Waals surface area contributed by atoms with Crippen LogP contribution in [0.1, 0.15) is 5.56 Å². The average Bonchev–Trinajstić information content (AvgIpc) is 2.86. The van der Waals surface area contributed by atoms with Gasteiger partial charge in [0.05, 0.1) is 52.9 Å². The van der Waals surface area contributed by atoms with Crippen molar-refractivity contribution in [3.8, 4) is 23.0 Å². The van der Waals surface area contributed by atoms with Gasteiger partial charge in [0.15, 0.2) is 0 Å². The second-order valence-corrected chi connectivity index (χ2v) is 7.82. The summed E-state index contributed by atoms with van der Waals surface area (Å²) in [7, 11) is 0. The van der Waals surface area contributed by atoms with Gasteiger partial charge in [0.2, 0.25) is 0 Å². The minimum absolute atomic E-state index is 0.442. The number of benzene rings is 2. The summed E-state index contributed by atoms with van der Waals surface area (Å²) in [4.78, 5) is 0. The first kappa shape index (κ1) is 26.6. The lowest BCUT2D eigenvalue weighted by atomic mass is 10.2. The largest absolute Gasteiger partial charge is 0.491 e. The van der Waals surface area contributed by atoms with Crippen LogP contribution in [-0.2, 0) is 24.3 Å². The van der Waals surface area contributed by atoms with Crippen molar-refractivity contribution in [2.24, 2.45) is 0 Å². The maximum atomic E-state index is 5.83. The molecule has 2 aromatic rings. The number of hydrogen-bond donors (Lipinski definition) is 0. The first-order chi connectivity index (χ1) is 16.8. The van der Waals surface area contributed by atoms with Gasteiger partial charge in [0.1, 0.15) is 49.4 Å². The smallest absolute Gasteiger partial charge is 0.123 e. The molecule has 8 nitrogen and oxygen atoms in total. The number of halogens is 1. The van der Waals surface area contributed by atoms with E-state index in [2.05, 4.69) is 15.9 Å². The maximum Gasteiger partial charge on any atom is 0.123 e. The molecule has 2 aliphatic rings. The monoisotopic (exact) mass is 540 g/mol. The van der Waals surface area contributed by atoms with Gasteiger partial charge >= 0.3 is 0 Å². The van der Waals surface area contributed by atoms with E-state index < -0.39 is 0 Å². The lowest BCUT2D eigenvalue weighted by Gasteiger charge is -2.12. The zero-order valence-corrected chi connectivity index (χ0v) is 21.0. The minimum Gasteiger partial charge on any atom is -0.491 e. The van der Waals surface area contributed by atoms with Gasteiger partial charge in [-0.15, -0.1) is 0 Å². The molecule has 4 rings (SSSR count). The highest BCUT2D eigenvalue weighted by Crippen LogP contribution is 2.24. The molecule has 0 aromatic heterocycles. The molecule has 2 aromatic carbocycles. The van der Waals surface area contributed by atoms with Crippen molar-refractivity contribution < 1.29 is 37.9 Å². The molecule has 0 saturated heterocycles. The van der Waals surface area contributed by atoms with E-state index in [1.54, 1.807) is 0 Å². The molecular weight excluding hydrogens is 508 g/mol. The number of hydrogen-bond acceptors (Lipinski definition) is 8. The van der Waals surface area contributed by atoms with Crippen LogP contribution in [0.4, 0.5) is 0 Å². The summed E-state index contributed by atoms with van der Waals surface area (Å²) in [5.74, 6) is 3.02. The Morgan fingerprint density at radius 3 is 1.12 bits per heavy atom. The van der Waals surface area contributed by atoms with Crippen molar-refractivity contribution in [1.29, 1.82) is 0 Å². The molecule has 4 bridgehead atoms. The summed E-state index contributed by atoms with van der Waals surface area (Å²) in [6, 6.07) is 13.3. The van der Waals surface area contributed by atoms with Gasteiger partial charge in [-0.25, -0.2) is 0 Å². The van der Waals surface area contributed by atoms with Gasteiger partial charge in [0.25, 0.3) is 0 Å². The summed E-state index contributed by atoms with van der Waals surface area (Å²) in [6.45, 7) is 5.72. The van der Waals surface area contributed by atoms with Crippen molar-refractivity contribution in [1.82, 2.24) is 0 Å². The zero-order chi connectivity index (χ0) is 23.7. The third-order valence-electron chi connectivity index (χ3n) is 4.65. The molecule has 0 amide bonds. The average molecular weight is 541 g/mol. The number of rotatable bonds is 1. The number of ether oxygens (including phenoxy) is 8. The molecule has 0 saturated carbocycles. The van der Waals surface area contributed by atoms with Gasteiger partial charge in [0, 0.05) is 11.4 Å². The van der Waals surface area contributed by atoms with Crippen LogP contribution in [0.15, 0.2) is 42.5 Å². The summed E-state index contributed by atoms with van der Waals surface area (Å²) in [5.41, 5.74) is 1.07. The van der Waals surface area contributed by atoms with Crippen LogP contribution in [0.3, 0.4) is 0 Å². The molecule has 0 spiro atoms. The molecule has 0 N–H and O–H groups in total. The third-order valence-corrected chi connectivity index (χ3v) is 5.29. The van der Waals surface area contributed by atoms with Crippen LogP contribution < -0.4 is 18.9 Å². The molecule has 0 unspecified atom stereocenters. The Hall–Kier alpha value is -2.04. The van der Waals surface area contributed by atoms with Gasteiger partial charge in [-0.2, -0.15) is 0 Å². The zero-order valence-electron chi connectivity index (χ0n) is 19.4. The molecule has 2 aliphatic heterocycles. The fourth-order valence-corrected chi connectivity index (χ4v) is 3.35. The molecule has 188 valence electrons. The predicted molar refractivity (Wildman–Crippen MR) is 131 cm³/mol.